The molecule has 0 aromatic heterocycles. The fourth-order valence-corrected chi connectivity index (χ4v) is 0.888. The summed E-state index contributed by atoms with van der Waals surface area (Å²) in [5.74, 6) is 5.76. The van der Waals surface area contributed by atoms with Gasteiger partial charge in [-0.25, -0.2) is 0 Å². The molecule has 1 N–H and O–H groups in total. The Labute approximate surface area is 81.8 Å². The van der Waals surface area contributed by atoms with Gasteiger partial charge in [-0.05, 0) is 17.7 Å². The second-order valence-corrected chi connectivity index (χ2v) is 2.52. The molecule has 0 aliphatic heterocycles. The first-order valence-electron chi connectivity index (χ1n) is 4.12. The van der Waals surface area contributed by atoms with Crippen LogP contribution in [-0.2, 0) is 0 Å². The number of benzene rings is 1. The van der Waals surface area contributed by atoms with Crippen molar-refractivity contribution in [2.75, 3.05) is 6.54 Å². The molecule has 4 heteroatoms. The van der Waals surface area contributed by atoms with E-state index in [1.165, 1.54) is 0 Å². The van der Waals surface area contributed by atoms with Gasteiger partial charge in [0.25, 0.3) is 0 Å². The molecule has 1 rings (SSSR count). The predicted octanol–water partition coefficient (Wildman–Crippen LogP) is 2.44. The number of aromatic hydroxyl groups is 1. The zero-order valence-electron chi connectivity index (χ0n) is 7.51. The van der Waals surface area contributed by atoms with Crippen molar-refractivity contribution in [1.82, 2.24) is 0 Å². The minimum Gasteiger partial charge on any atom is -0.507 e. The maximum absolute atomic E-state index is 9.33. The van der Waals surface area contributed by atoms with Gasteiger partial charge in [0.2, 0.25) is 0 Å². The summed E-state index contributed by atoms with van der Waals surface area (Å²) in [5.41, 5.74) is 8.59. The number of hydrogen-bond acceptors (Lipinski definition) is 2. The number of azide groups is 1. The van der Waals surface area contributed by atoms with E-state index in [-0.39, 0.29) is 5.75 Å². The third kappa shape index (κ3) is 3.10. The summed E-state index contributed by atoms with van der Waals surface area (Å²) in [6.07, 6.45) is 0.498. The van der Waals surface area contributed by atoms with Crippen molar-refractivity contribution < 1.29 is 5.11 Å². The topological polar surface area (TPSA) is 69.0 Å². The second kappa shape index (κ2) is 5.52. The van der Waals surface area contributed by atoms with Crippen LogP contribution < -0.4 is 0 Å². The van der Waals surface area contributed by atoms with Crippen LogP contribution in [0.4, 0.5) is 0 Å². The molecule has 0 atom stereocenters. The Morgan fingerprint density at radius 1 is 1.43 bits per heavy atom. The Hall–Kier alpha value is -2.11. The normalized spacial score (nSPS) is 8.29. The van der Waals surface area contributed by atoms with Gasteiger partial charge < -0.3 is 5.11 Å². The Morgan fingerprint density at radius 3 is 2.93 bits per heavy atom. The zero-order valence-corrected chi connectivity index (χ0v) is 7.51. The third-order valence-electron chi connectivity index (χ3n) is 1.53. The van der Waals surface area contributed by atoms with Crippen molar-refractivity contribution in [3.05, 3.63) is 40.3 Å². The van der Waals surface area contributed by atoms with Crippen molar-refractivity contribution >= 4 is 0 Å². The predicted molar refractivity (Wildman–Crippen MR) is 53.6 cm³/mol. The van der Waals surface area contributed by atoms with Crippen LogP contribution in [0.2, 0.25) is 0 Å². The molecule has 0 unspecified atom stereocenters. The van der Waals surface area contributed by atoms with Gasteiger partial charge in [0, 0.05) is 17.9 Å². The van der Waals surface area contributed by atoms with E-state index in [4.69, 9.17) is 5.53 Å². The molecule has 0 amide bonds. The summed E-state index contributed by atoms with van der Waals surface area (Å²) in [4.78, 5) is 2.61. The van der Waals surface area contributed by atoms with Crippen molar-refractivity contribution in [2.24, 2.45) is 5.11 Å². The van der Waals surface area contributed by atoms with E-state index in [0.29, 0.717) is 18.5 Å². The molecule has 4 nitrogen and oxygen atoms in total. The van der Waals surface area contributed by atoms with E-state index in [2.05, 4.69) is 21.9 Å². The van der Waals surface area contributed by atoms with Crippen LogP contribution in [0.5, 0.6) is 5.75 Å². The first kappa shape index (κ1) is 9.97. The van der Waals surface area contributed by atoms with E-state index in [0.717, 1.165) is 0 Å². The summed E-state index contributed by atoms with van der Waals surface area (Å²) in [7, 11) is 0. The van der Waals surface area contributed by atoms with E-state index in [1.807, 2.05) is 0 Å². The molecule has 0 saturated carbocycles. The average molecular weight is 187 g/mol. The second-order valence-electron chi connectivity index (χ2n) is 2.52. The molecule has 1 aromatic rings. The zero-order chi connectivity index (χ0) is 10.2. The molecule has 0 fully saturated rings. The van der Waals surface area contributed by atoms with Gasteiger partial charge in [-0.3, -0.25) is 0 Å². The lowest BCUT2D eigenvalue weighted by Crippen LogP contribution is -1.76. The number of nitrogens with zero attached hydrogens (tertiary/aromatic N) is 3. The Bertz CT molecular complexity index is 411. The molecular weight excluding hydrogens is 178 g/mol. The number of phenols is 1. The Balaban J connectivity index is 2.59. The molecule has 70 valence electrons. The van der Waals surface area contributed by atoms with Crippen LogP contribution in [0.3, 0.4) is 0 Å². The lowest BCUT2D eigenvalue weighted by molar-refractivity contribution is 0.473. The maximum atomic E-state index is 9.33. The number of phenolic OH excluding ortho intramolecular Hbond substituents is 1. The largest absolute Gasteiger partial charge is 0.507 e. The van der Waals surface area contributed by atoms with Crippen LogP contribution >= 0.6 is 0 Å². The fraction of sp³-hybridized carbons (Fsp3) is 0.200. The molecular formula is C10H9N3O. The highest BCUT2D eigenvalue weighted by Gasteiger charge is 1.92. The number of hydrogen-bond donors (Lipinski definition) is 1. The van der Waals surface area contributed by atoms with Crippen molar-refractivity contribution in [3.8, 4) is 17.6 Å². The van der Waals surface area contributed by atoms with Crippen molar-refractivity contribution in [1.29, 1.82) is 0 Å². The summed E-state index contributed by atoms with van der Waals surface area (Å²) in [6.45, 7) is 0.358. The SMILES string of the molecule is [N-]=[N+]=NCCC#Cc1ccccc1O. The van der Waals surface area contributed by atoms with E-state index < -0.39 is 0 Å². The van der Waals surface area contributed by atoms with Gasteiger partial charge in [0.05, 0.1) is 5.56 Å². The number of para-hydroxylation sites is 1. The maximum Gasteiger partial charge on any atom is 0.131 e. The van der Waals surface area contributed by atoms with E-state index in [9.17, 15) is 5.11 Å². The van der Waals surface area contributed by atoms with Gasteiger partial charge >= 0.3 is 0 Å². The monoisotopic (exact) mass is 187 g/mol. The van der Waals surface area contributed by atoms with Crippen LogP contribution in [0.15, 0.2) is 29.4 Å². The van der Waals surface area contributed by atoms with Crippen LogP contribution in [0, 0.1) is 11.8 Å². The smallest absolute Gasteiger partial charge is 0.131 e. The minimum absolute atomic E-state index is 0.170. The summed E-state index contributed by atoms with van der Waals surface area (Å²) < 4.78 is 0. The average Bonchev–Trinajstić information content (AvgIpc) is 2.20. The number of rotatable bonds is 2. The molecule has 1 aromatic carbocycles. The van der Waals surface area contributed by atoms with E-state index in [1.54, 1.807) is 24.3 Å². The quantitative estimate of drug-likeness (QED) is 0.249. The first-order valence-corrected chi connectivity index (χ1v) is 4.12. The summed E-state index contributed by atoms with van der Waals surface area (Å²) in [6, 6.07) is 6.85. The molecule has 0 spiro atoms. The highest BCUT2D eigenvalue weighted by molar-refractivity contribution is 5.44. The lowest BCUT2D eigenvalue weighted by Gasteiger charge is -1.93. The van der Waals surface area contributed by atoms with Crippen molar-refractivity contribution in [2.45, 2.75) is 6.42 Å². The molecule has 0 saturated heterocycles. The molecule has 0 bridgehead atoms. The standard InChI is InChI=1S/C10H9N3O/c11-13-12-8-4-3-6-9-5-1-2-7-10(9)14/h1-2,5,7,14H,4,8H2. The molecule has 0 heterocycles. The lowest BCUT2D eigenvalue weighted by atomic mass is 10.2. The minimum atomic E-state index is 0.170. The van der Waals surface area contributed by atoms with Gasteiger partial charge in [-0.2, -0.15) is 0 Å². The van der Waals surface area contributed by atoms with Crippen LogP contribution in [-0.4, -0.2) is 11.7 Å². The fourth-order valence-electron chi connectivity index (χ4n) is 0.888. The van der Waals surface area contributed by atoms with Gasteiger partial charge in [0.1, 0.15) is 5.75 Å². The highest BCUT2D eigenvalue weighted by Crippen LogP contribution is 2.13. The van der Waals surface area contributed by atoms with E-state index >= 15 is 0 Å². The molecule has 0 aliphatic rings. The Kier molecular flexibility index (Phi) is 3.93. The molecule has 0 aliphatic carbocycles. The van der Waals surface area contributed by atoms with Gasteiger partial charge in [0.15, 0.2) is 0 Å². The van der Waals surface area contributed by atoms with Crippen molar-refractivity contribution in [3.63, 3.8) is 0 Å². The van der Waals surface area contributed by atoms with Gasteiger partial charge in [-0.1, -0.05) is 29.1 Å². The summed E-state index contributed by atoms with van der Waals surface area (Å²) >= 11 is 0. The molecule has 0 radical (unpaired) electrons. The first-order chi connectivity index (χ1) is 6.84. The highest BCUT2D eigenvalue weighted by atomic mass is 16.3. The Morgan fingerprint density at radius 2 is 2.21 bits per heavy atom. The third-order valence-corrected chi connectivity index (χ3v) is 1.53. The van der Waals surface area contributed by atoms with Gasteiger partial charge in [-0.15, -0.1) is 0 Å². The summed E-state index contributed by atoms with van der Waals surface area (Å²) in [5, 5.41) is 12.7. The van der Waals surface area contributed by atoms with Crippen LogP contribution in [0.1, 0.15) is 12.0 Å². The van der Waals surface area contributed by atoms with Crippen LogP contribution in [0.25, 0.3) is 10.4 Å². The molecule has 14 heavy (non-hydrogen) atoms.